The van der Waals surface area contributed by atoms with Crippen molar-refractivity contribution in [3.63, 3.8) is 0 Å². The SMILES string of the molecule is CCCCCCc1csc(=S)s1. The minimum Gasteiger partial charge on any atom is -0.121 e. The molecule has 0 aromatic carbocycles. The number of hydrogen-bond acceptors (Lipinski definition) is 3. The highest BCUT2D eigenvalue weighted by Gasteiger charge is 1.95. The fraction of sp³-hybridized carbons (Fsp3) is 0.667. The Labute approximate surface area is 87.3 Å². The van der Waals surface area contributed by atoms with E-state index in [-0.39, 0.29) is 0 Å². The number of aryl methyl sites for hydroxylation is 1. The molecule has 12 heavy (non-hydrogen) atoms. The molecule has 0 amide bonds. The zero-order valence-corrected chi connectivity index (χ0v) is 9.79. The largest absolute Gasteiger partial charge is 0.143 e. The van der Waals surface area contributed by atoms with Gasteiger partial charge in [-0.25, -0.2) is 0 Å². The van der Waals surface area contributed by atoms with Crippen molar-refractivity contribution in [2.45, 2.75) is 39.0 Å². The van der Waals surface area contributed by atoms with Crippen molar-refractivity contribution in [2.75, 3.05) is 0 Å². The average Bonchev–Trinajstić information content (AvgIpc) is 2.45. The lowest BCUT2D eigenvalue weighted by Crippen LogP contribution is -1.80. The van der Waals surface area contributed by atoms with Crippen molar-refractivity contribution in [1.29, 1.82) is 0 Å². The second kappa shape index (κ2) is 5.84. The molecule has 0 saturated carbocycles. The predicted octanol–water partition coefficient (Wildman–Crippen LogP) is 4.66. The lowest BCUT2D eigenvalue weighted by atomic mass is 10.1. The van der Waals surface area contributed by atoms with E-state index in [1.54, 1.807) is 22.7 Å². The van der Waals surface area contributed by atoms with Crippen LogP contribution in [0, 0.1) is 3.14 Å². The van der Waals surface area contributed by atoms with Gasteiger partial charge in [-0.05, 0) is 12.8 Å². The van der Waals surface area contributed by atoms with Gasteiger partial charge in [0.05, 0.1) is 0 Å². The van der Waals surface area contributed by atoms with Crippen molar-refractivity contribution < 1.29 is 0 Å². The molecule has 0 atom stereocenters. The van der Waals surface area contributed by atoms with Gasteiger partial charge in [0.1, 0.15) is 3.14 Å². The van der Waals surface area contributed by atoms with E-state index in [2.05, 4.69) is 12.3 Å². The van der Waals surface area contributed by atoms with E-state index in [0.29, 0.717) is 0 Å². The lowest BCUT2D eigenvalue weighted by molar-refractivity contribution is 0.670. The highest BCUT2D eigenvalue weighted by molar-refractivity contribution is 7.76. The van der Waals surface area contributed by atoms with Crippen LogP contribution in [0.4, 0.5) is 0 Å². The summed E-state index contributed by atoms with van der Waals surface area (Å²) in [5.74, 6) is 0. The third kappa shape index (κ3) is 3.78. The zero-order valence-electron chi connectivity index (χ0n) is 7.34. The molecular formula is C9H14S3. The van der Waals surface area contributed by atoms with Gasteiger partial charge < -0.3 is 0 Å². The molecule has 0 aliphatic carbocycles. The smallest absolute Gasteiger partial charge is 0.121 e. The Balaban J connectivity index is 2.20. The van der Waals surface area contributed by atoms with Crippen LogP contribution in [0.3, 0.4) is 0 Å². The molecule has 0 aliphatic rings. The molecule has 1 aromatic rings. The summed E-state index contributed by atoms with van der Waals surface area (Å²) in [6.45, 7) is 2.24. The van der Waals surface area contributed by atoms with E-state index in [1.807, 2.05) is 0 Å². The molecule has 68 valence electrons. The van der Waals surface area contributed by atoms with Crippen LogP contribution >= 0.6 is 34.9 Å². The summed E-state index contributed by atoms with van der Waals surface area (Å²) in [7, 11) is 0. The van der Waals surface area contributed by atoms with Crippen LogP contribution in [0.2, 0.25) is 0 Å². The standard InChI is InChI=1S/C9H14S3/c1-2-3-4-5-6-8-7-11-9(10)12-8/h7H,2-6H2,1H3. The third-order valence-corrected chi connectivity index (χ3v) is 4.35. The molecule has 0 bridgehead atoms. The number of unbranched alkanes of at least 4 members (excludes halogenated alkanes) is 3. The van der Waals surface area contributed by atoms with Gasteiger partial charge in [0, 0.05) is 10.3 Å². The van der Waals surface area contributed by atoms with Crippen LogP contribution in [-0.2, 0) is 6.42 Å². The summed E-state index contributed by atoms with van der Waals surface area (Å²) in [5.41, 5.74) is 0. The Kier molecular flexibility index (Phi) is 5.04. The van der Waals surface area contributed by atoms with E-state index < -0.39 is 0 Å². The van der Waals surface area contributed by atoms with Crippen molar-refractivity contribution in [1.82, 2.24) is 0 Å². The second-order valence-electron chi connectivity index (χ2n) is 2.86. The normalized spacial score (nSPS) is 10.4. The molecule has 0 nitrogen and oxygen atoms in total. The van der Waals surface area contributed by atoms with E-state index in [1.165, 1.54) is 37.0 Å². The Morgan fingerprint density at radius 3 is 2.75 bits per heavy atom. The minimum atomic E-state index is 1.07. The number of rotatable bonds is 5. The van der Waals surface area contributed by atoms with Crippen LogP contribution in [0.1, 0.15) is 37.5 Å². The quantitative estimate of drug-likeness (QED) is 0.511. The molecule has 3 heteroatoms. The Hall–Kier alpha value is 0.270. The summed E-state index contributed by atoms with van der Waals surface area (Å²) in [5, 5.41) is 2.21. The van der Waals surface area contributed by atoms with Gasteiger partial charge in [-0.3, -0.25) is 0 Å². The van der Waals surface area contributed by atoms with Crippen LogP contribution in [0.15, 0.2) is 5.38 Å². The maximum Gasteiger partial charge on any atom is 0.143 e. The first-order valence-electron chi connectivity index (χ1n) is 4.40. The molecule has 0 N–H and O–H groups in total. The lowest BCUT2D eigenvalue weighted by Gasteiger charge is -1.95. The minimum absolute atomic E-state index is 1.07. The molecule has 0 aliphatic heterocycles. The monoisotopic (exact) mass is 218 g/mol. The van der Waals surface area contributed by atoms with Gasteiger partial charge in [0.15, 0.2) is 0 Å². The second-order valence-corrected chi connectivity index (χ2v) is 6.06. The van der Waals surface area contributed by atoms with Gasteiger partial charge in [-0.1, -0.05) is 38.4 Å². The summed E-state index contributed by atoms with van der Waals surface area (Å²) < 4.78 is 1.07. The van der Waals surface area contributed by atoms with Crippen molar-refractivity contribution in [3.8, 4) is 0 Å². The fourth-order valence-electron chi connectivity index (χ4n) is 1.10. The highest BCUT2D eigenvalue weighted by Crippen LogP contribution is 2.19. The average molecular weight is 218 g/mol. The summed E-state index contributed by atoms with van der Waals surface area (Å²) >= 11 is 8.55. The molecule has 0 spiro atoms. The van der Waals surface area contributed by atoms with Gasteiger partial charge in [-0.15, -0.1) is 22.7 Å². The molecule has 0 saturated heterocycles. The highest BCUT2D eigenvalue weighted by atomic mass is 32.2. The summed E-state index contributed by atoms with van der Waals surface area (Å²) in [6.07, 6.45) is 6.62. The van der Waals surface area contributed by atoms with Crippen LogP contribution in [0.5, 0.6) is 0 Å². The Morgan fingerprint density at radius 2 is 2.17 bits per heavy atom. The van der Waals surface area contributed by atoms with Crippen LogP contribution in [0.25, 0.3) is 0 Å². The molecule has 0 unspecified atom stereocenters. The first kappa shape index (κ1) is 10.4. The van der Waals surface area contributed by atoms with Crippen molar-refractivity contribution >= 4 is 34.9 Å². The van der Waals surface area contributed by atoms with Gasteiger partial charge in [0.25, 0.3) is 0 Å². The van der Waals surface area contributed by atoms with Gasteiger partial charge in [-0.2, -0.15) is 0 Å². The van der Waals surface area contributed by atoms with Crippen LogP contribution in [-0.4, -0.2) is 0 Å². The zero-order chi connectivity index (χ0) is 8.81. The molecule has 0 fully saturated rings. The summed E-state index contributed by atoms with van der Waals surface area (Å²) in [6, 6.07) is 0. The topological polar surface area (TPSA) is 0 Å². The molecule has 1 aromatic heterocycles. The first-order chi connectivity index (χ1) is 5.83. The van der Waals surface area contributed by atoms with Crippen molar-refractivity contribution in [3.05, 3.63) is 13.4 Å². The van der Waals surface area contributed by atoms with E-state index in [9.17, 15) is 0 Å². The first-order valence-corrected chi connectivity index (χ1v) is 6.51. The maximum absolute atomic E-state index is 5.07. The Bertz CT molecular complexity index is 259. The third-order valence-electron chi connectivity index (χ3n) is 1.78. The number of hydrogen-bond donors (Lipinski definition) is 0. The van der Waals surface area contributed by atoms with E-state index in [4.69, 9.17) is 12.2 Å². The van der Waals surface area contributed by atoms with Crippen molar-refractivity contribution in [2.24, 2.45) is 0 Å². The molecule has 1 heterocycles. The molecule has 0 radical (unpaired) electrons. The summed E-state index contributed by atoms with van der Waals surface area (Å²) in [4.78, 5) is 1.47. The van der Waals surface area contributed by atoms with Gasteiger partial charge >= 0.3 is 0 Å². The van der Waals surface area contributed by atoms with Crippen LogP contribution < -0.4 is 0 Å². The van der Waals surface area contributed by atoms with Gasteiger partial charge in [0.2, 0.25) is 0 Å². The van der Waals surface area contributed by atoms with E-state index in [0.717, 1.165) is 3.14 Å². The Morgan fingerprint density at radius 1 is 1.33 bits per heavy atom. The predicted molar refractivity (Wildman–Crippen MR) is 60.9 cm³/mol. The molecular weight excluding hydrogens is 204 g/mol. The maximum atomic E-state index is 5.07. The molecule has 1 rings (SSSR count). The fourth-order valence-corrected chi connectivity index (χ4v) is 3.37. The van der Waals surface area contributed by atoms with E-state index >= 15 is 0 Å².